The molecule has 0 fully saturated rings. The minimum absolute atomic E-state index is 0.0110. The summed E-state index contributed by atoms with van der Waals surface area (Å²) in [6, 6.07) is 0. The first kappa shape index (κ1) is 12.2. The Morgan fingerprint density at radius 3 is 2.46 bits per heavy atom. The smallest absolute Gasteiger partial charge is 0.255 e. The molecule has 0 saturated carbocycles. The molecule has 0 aliphatic rings. The third kappa shape index (κ3) is 4.14. The SMILES string of the molecule is COC(CN)C(=O)N(C)CC(F)F. The van der Waals surface area contributed by atoms with Crippen molar-refractivity contribution in [3.05, 3.63) is 0 Å². The molecule has 0 aromatic carbocycles. The topological polar surface area (TPSA) is 55.6 Å². The fraction of sp³-hybridized carbons (Fsp3) is 0.857. The summed E-state index contributed by atoms with van der Waals surface area (Å²) in [5.41, 5.74) is 5.19. The maximum absolute atomic E-state index is 11.9. The largest absolute Gasteiger partial charge is 0.370 e. The number of carbonyl (C=O) groups is 1. The van der Waals surface area contributed by atoms with E-state index < -0.39 is 25.0 Å². The predicted octanol–water partition coefficient (Wildman–Crippen LogP) is -0.316. The molecule has 78 valence electrons. The predicted molar refractivity (Wildman–Crippen MR) is 43.5 cm³/mol. The van der Waals surface area contributed by atoms with E-state index in [9.17, 15) is 13.6 Å². The molecule has 1 unspecified atom stereocenters. The van der Waals surface area contributed by atoms with Crippen molar-refractivity contribution in [1.29, 1.82) is 0 Å². The van der Waals surface area contributed by atoms with Gasteiger partial charge < -0.3 is 15.4 Å². The van der Waals surface area contributed by atoms with Crippen LogP contribution in [0.25, 0.3) is 0 Å². The summed E-state index contributed by atoms with van der Waals surface area (Å²) in [4.78, 5) is 12.1. The monoisotopic (exact) mass is 196 g/mol. The van der Waals surface area contributed by atoms with E-state index >= 15 is 0 Å². The average Bonchev–Trinajstić information content (AvgIpc) is 2.05. The van der Waals surface area contributed by atoms with E-state index in [4.69, 9.17) is 10.5 Å². The number of hydrogen-bond acceptors (Lipinski definition) is 3. The van der Waals surface area contributed by atoms with Crippen molar-refractivity contribution in [1.82, 2.24) is 4.90 Å². The van der Waals surface area contributed by atoms with E-state index in [-0.39, 0.29) is 6.54 Å². The van der Waals surface area contributed by atoms with Crippen molar-refractivity contribution in [2.24, 2.45) is 5.73 Å². The van der Waals surface area contributed by atoms with Crippen LogP contribution in [0.3, 0.4) is 0 Å². The van der Waals surface area contributed by atoms with Crippen LogP contribution in [0.5, 0.6) is 0 Å². The molecule has 4 nitrogen and oxygen atoms in total. The van der Waals surface area contributed by atoms with Gasteiger partial charge in [-0.15, -0.1) is 0 Å². The molecule has 6 heteroatoms. The van der Waals surface area contributed by atoms with Gasteiger partial charge in [-0.2, -0.15) is 0 Å². The van der Waals surface area contributed by atoms with Crippen molar-refractivity contribution >= 4 is 5.91 Å². The first-order valence-electron chi connectivity index (χ1n) is 3.78. The van der Waals surface area contributed by atoms with E-state index in [0.29, 0.717) is 0 Å². The number of halogens is 2. The number of rotatable bonds is 5. The lowest BCUT2D eigenvalue weighted by atomic mass is 10.3. The van der Waals surface area contributed by atoms with Gasteiger partial charge in [0.05, 0.1) is 6.54 Å². The van der Waals surface area contributed by atoms with E-state index in [2.05, 4.69) is 0 Å². The van der Waals surface area contributed by atoms with Gasteiger partial charge in [-0.25, -0.2) is 8.78 Å². The minimum atomic E-state index is -2.54. The van der Waals surface area contributed by atoms with Crippen molar-refractivity contribution in [2.75, 3.05) is 27.2 Å². The number of hydrogen-bond donors (Lipinski definition) is 1. The summed E-state index contributed by atoms with van der Waals surface area (Å²) in [7, 11) is 2.60. The molecule has 0 aliphatic carbocycles. The van der Waals surface area contributed by atoms with Gasteiger partial charge in [0.25, 0.3) is 12.3 Å². The molecule has 0 spiro atoms. The molecular weight excluding hydrogens is 182 g/mol. The van der Waals surface area contributed by atoms with Gasteiger partial charge >= 0.3 is 0 Å². The second kappa shape index (κ2) is 5.82. The average molecular weight is 196 g/mol. The fourth-order valence-corrected chi connectivity index (χ4v) is 0.841. The molecule has 0 heterocycles. The number of amides is 1. The highest BCUT2D eigenvalue weighted by Gasteiger charge is 2.21. The first-order chi connectivity index (χ1) is 6.02. The molecule has 0 saturated heterocycles. The Bertz CT molecular complexity index is 163. The quantitative estimate of drug-likeness (QED) is 0.655. The molecule has 2 N–H and O–H groups in total. The summed E-state index contributed by atoms with van der Waals surface area (Å²) in [5.74, 6) is -0.523. The molecular formula is C7H14F2N2O2. The molecule has 1 amide bonds. The third-order valence-corrected chi connectivity index (χ3v) is 1.56. The Morgan fingerprint density at radius 1 is 1.62 bits per heavy atom. The van der Waals surface area contributed by atoms with E-state index in [1.807, 2.05) is 0 Å². The van der Waals surface area contributed by atoms with E-state index in [1.165, 1.54) is 14.2 Å². The van der Waals surface area contributed by atoms with Crippen LogP contribution in [0.2, 0.25) is 0 Å². The third-order valence-electron chi connectivity index (χ3n) is 1.56. The van der Waals surface area contributed by atoms with Crippen LogP contribution in [-0.2, 0) is 9.53 Å². The normalized spacial score (nSPS) is 13.1. The van der Waals surface area contributed by atoms with Gasteiger partial charge in [0.1, 0.15) is 6.10 Å². The molecule has 0 bridgehead atoms. The van der Waals surface area contributed by atoms with Crippen LogP contribution < -0.4 is 5.73 Å². The molecule has 0 aromatic heterocycles. The first-order valence-corrected chi connectivity index (χ1v) is 3.78. The van der Waals surface area contributed by atoms with Crippen LogP contribution in [-0.4, -0.2) is 50.6 Å². The van der Waals surface area contributed by atoms with Crippen LogP contribution >= 0.6 is 0 Å². The number of likely N-dealkylation sites (N-methyl/N-ethyl adjacent to an activating group) is 1. The van der Waals surface area contributed by atoms with Crippen LogP contribution in [0.1, 0.15) is 0 Å². The van der Waals surface area contributed by atoms with Gasteiger partial charge in [-0.3, -0.25) is 4.79 Å². The lowest BCUT2D eigenvalue weighted by Crippen LogP contribution is -2.43. The Kier molecular flexibility index (Phi) is 5.48. The second-order valence-electron chi connectivity index (χ2n) is 2.57. The summed E-state index contributed by atoms with van der Waals surface area (Å²) in [6.07, 6.45) is -3.37. The second-order valence-corrected chi connectivity index (χ2v) is 2.57. The van der Waals surface area contributed by atoms with Gasteiger partial charge in [0, 0.05) is 20.7 Å². The van der Waals surface area contributed by atoms with Crippen LogP contribution in [0.15, 0.2) is 0 Å². The summed E-state index contributed by atoms with van der Waals surface area (Å²) >= 11 is 0. The number of alkyl halides is 2. The Balaban J connectivity index is 4.07. The number of methoxy groups -OCH3 is 1. The van der Waals surface area contributed by atoms with Gasteiger partial charge in [0.2, 0.25) is 0 Å². The number of nitrogens with zero attached hydrogens (tertiary/aromatic N) is 1. The molecule has 0 radical (unpaired) electrons. The molecule has 0 aromatic rings. The summed E-state index contributed by atoms with van der Waals surface area (Å²) in [6.45, 7) is -0.610. The zero-order valence-electron chi connectivity index (χ0n) is 7.67. The molecule has 13 heavy (non-hydrogen) atoms. The zero-order valence-corrected chi connectivity index (χ0v) is 7.67. The highest BCUT2D eigenvalue weighted by molar-refractivity contribution is 5.80. The maximum atomic E-state index is 11.9. The molecule has 0 rings (SSSR count). The number of carbonyl (C=O) groups excluding carboxylic acids is 1. The van der Waals surface area contributed by atoms with Crippen molar-refractivity contribution in [3.8, 4) is 0 Å². The lowest BCUT2D eigenvalue weighted by molar-refractivity contribution is -0.141. The summed E-state index contributed by atoms with van der Waals surface area (Å²) in [5, 5.41) is 0. The zero-order chi connectivity index (χ0) is 10.4. The lowest BCUT2D eigenvalue weighted by Gasteiger charge is -2.21. The van der Waals surface area contributed by atoms with Crippen LogP contribution in [0.4, 0.5) is 8.78 Å². The standard InChI is InChI=1S/C7H14F2N2O2/c1-11(4-6(8)9)7(12)5(3-10)13-2/h5-6H,3-4,10H2,1-2H3. The van der Waals surface area contributed by atoms with E-state index in [0.717, 1.165) is 4.90 Å². The van der Waals surface area contributed by atoms with E-state index in [1.54, 1.807) is 0 Å². The Morgan fingerprint density at radius 2 is 2.15 bits per heavy atom. The number of nitrogens with two attached hydrogens (primary N) is 1. The Labute approximate surface area is 75.6 Å². The maximum Gasteiger partial charge on any atom is 0.255 e. The van der Waals surface area contributed by atoms with Crippen LogP contribution in [0, 0.1) is 0 Å². The molecule has 0 aliphatic heterocycles. The molecule has 1 atom stereocenters. The number of ether oxygens (including phenoxy) is 1. The van der Waals surface area contributed by atoms with Gasteiger partial charge in [-0.05, 0) is 0 Å². The van der Waals surface area contributed by atoms with Crippen molar-refractivity contribution in [3.63, 3.8) is 0 Å². The van der Waals surface area contributed by atoms with Crippen molar-refractivity contribution < 1.29 is 18.3 Å². The van der Waals surface area contributed by atoms with Crippen molar-refractivity contribution in [2.45, 2.75) is 12.5 Å². The minimum Gasteiger partial charge on any atom is -0.370 e. The summed E-state index contributed by atoms with van der Waals surface area (Å²) < 4.78 is 28.4. The van der Waals surface area contributed by atoms with Gasteiger partial charge in [0.15, 0.2) is 0 Å². The fourth-order valence-electron chi connectivity index (χ4n) is 0.841. The Hall–Kier alpha value is -0.750. The highest BCUT2D eigenvalue weighted by Crippen LogP contribution is 2.00. The highest BCUT2D eigenvalue weighted by atomic mass is 19.3. The van der Waals surface area contributed by atoms with Gasteiger partial charge in [-0.1, -0.05) is 0 Å².